The van der Waals surface area contributed by atoms with Gasteiger partial charge in [-0.25, -0.2) is 4.79 Å². The molecule has 178 valence electrons. The Morgan fingerprint density at radius 2 is 1.39 bits per heavy atom. The van der Waals surface area contributed by atoms with Gasteiger partial charge >= 0.3 is 5.97 Å². The second-order valence-electron chi connectivity index (χ2n) is 7.93. The molecular weight excluding hydrogens is 392 g/mol. The maximum Gasteiger partial charge on any atom is 0.326 e. The Morgan fingerprint density at radius 3 is 2.00 bits per heavy atom. The summed E-state index contributed by atoms with van der Waals surface area (Å²) in [5.41, 5.74) is 0. The average molecular weight is 437 g/mol. The van der Waals surface area contributed by atoms with Crippen LogP contribution in [-0.2, 0) is 14.4 Å². The molecule has 0 spiro atoms. The predicted molar refractivity (Wildman–Crippen MR) is 127 cm³/mol. The lowest BCUT2D eigenvalue weighted by Crippen LogP contribution is -2.41. The largest absolute Gasteiger partial charge is 0.480 e. The Hall–Kier alpha value is -2.11. The van der Waals surface area contributed by atoms with E-state index in [1.54, 1.807) is 6.92 Å². The van der Waals surface area contributed by atoms with E-state index in [9.17, 15) is 19.5 Å². The number of hydrogen-bond acceptors (Lipinski definition) is 3. The number of hydrogen-bond donors (Lipinski definition) is 3. The smallest absolute Gasteiger partial charge is 0.326 e. The number of carbonyl (C=O) groups is 3. The summed E-state index contributed by atoms with van der Waals surface area (Å²) < 4.78 is 0. The van der Waals surface area contributed by atoms with Gasteiger partial charge in [0.25, 0.3) is 0 Å². The minimum absolute atomic E-state index is 0.0920. The van der Waals surface area contributed by atoms with E-state index in [0.717, 1.165) is 44.9 Å². The molecule has 6 heteroatoms. The molecule has 0 rings (SSSR count). The molecule has 0 aliphatic rings. The predicted octanol–water partition coefficient (Wildman–Crippen LogP) is 5.29. The van der Waals surface area contributed by atoms with Crippen LogP contribution in [0.5, 0.6) is 0 Å². The molecule has 2 amide bonds. The number of aliphatic carboxylic acids is 1. The number of carboxylic acid groups (broad SMARTS) is 1. The molecule has 0 aromatic carbocycles. The van der Waals surface area contributed by atoms with Crippen LogP contribution < -0.4 is 10.6 Å². The number of rotatable bonds is 20. The van der Waals surface area contributed by atoms with Crippen LogP contribution in [0.1, 0.15) is 104 Å². The van der Waals surface area contributed by atoms with Gasteiger partial charge in [-0.1, -0.05) is 63.3 Å². The molecule has 0 aliphatic heterocycles. The van der Waals surface area contributed by atoms with Crippen LogP contribution in [0, 0.1) is 0 Å². The van der Waals surface area contributed by atoms with E-state index in [1.165, 1.54) is 25.7 Å². The second kappa shape index (κ2) is 21.1. The maximum atomic E-state index is 12.0. The van der Waals surface area contributed by atoms with Gasteiger partial charge in [-0.15, -0.1) is 0 Å². The first-order valence-electron chi connectivity index (χ1n) is 12.1. The van der Waals surface area contributed by atoms with Gasteiger partial charge in [0.15, 0.2) is 0 Å². The molecule has 0 aliphatic carbocycles. The third-order valence-corrected chi connectivity index (χ3v) is 5.02. The van der Waals surface area contributed by atoms with Crippen molar-refractivity contribution in [3.05, 3.63) is 24.3 Å². The molecule has 31 heavy (non-hydrogen) atoms. The van der Waals surface area contributed by atoms with E-state index in [4.69, 9.17) is 0 Å². The van der Waals surface area contributed by atoms with Crippen LogP contribution in [0.2, 0.25) is 0 Å². The van der Waals surface area contributed by atoms with E-state index >= 15 is 0 Å². The van der Waals surface area contributed by atoms with Crippen LogP contribution in [0.4, 0.5) is 0 Å². The lowest BCUT2D eigenvalue weighted by Gasteiger charge is -2.14. The van der Waals surface area contributed by atoms with Crippen LogP contribution in [0.15, 0.2) is 24.3 Å². The van der Waals surface area contributed by atoms with E-state index in [2.05, 4.69) is 41.9 Å². The van der Waals surface area contributed by atoms with Crippen molar-refractivity contribution in [2.24, 2.45) is 0 Å². The summed E-state index contributed by atoms with van der Waals surface area (Å²) in [6.07, 6.45) is 21.8. The Kier molecular flexibility index (Phi) is 19.7. The first-order valence-corrected chi connectivity index (χ1v) is 12.1. The first kappa shape index (κ1) is 28.9. The standard InChI is InChI=1S/C25H44N2O4/c1-3-5-6-7-8-9-10-11-12-13-14-15-16-17-18-19-24(29)27-22(25(30)31)20-21-23(28)26-4-2/h8-9,11-12,22H,3-7,10,13-21H2,1-2H3,(H,26,28)(H,27,29)(H,30,31). The second-order valence-corrected chi connectivity index (χ2v) is 7.93. The van der Waals surface area contributed by atoms with Crippen LogP contribution >= 0.6 is 0 Å². The van der Waals surface area contributed by atoms with Crippen molar-refractivity contribution >= 4 is 17.8 Å². The fourth-order valence-electron chi connectivity index (χ4n) is 3.18. The molecule has 0 heterocycles. The lowest BCUT2D eigenvalue weighted by molar-refractivity contribution is -0.142. The number of nitrogens with one attached hydrogen (secondary N) is 2. The van der Waals surface area contributed by atoms with Gasteiger partial charge in [0.2, 0.25) is 11.8 Å². The Balaban J connectivity index is 3.70. The fourth-order valence-corrected chi connectivity index (χ4v) is 3.18. The minimum atomic E-state index is -1.10. The van der Waals surface area contributed by atoms with Gasteiger partial charge in [-0.2, -0.15) is 0 Å². The van der Waals surface area contributed by atoms with Crippen molar-refractivity contribution in [3.63, 3.8) is 0 Å². The average Bonchev–Trinajstić information content (AvgIpc) is 2.73. The summed E-state index contributed by atoms with van der Waals surface area (Å²) in [6.45, 7) is 4.54. The zero-order valence-corrected chi connectivity index (χ0v) is 19.7. The summed E-state index contributed by atoms with van der Waals surface area (Å²) in [4.78, 5) is 34.7. The van der Waals surface area contributed by atoms with E-state index < -0.39 is 12.0 Å². The molecule has 0 saturated carbocycles. The SMILES string of the molecule is CCCCCC=CCC=CCCCCCCCC(=O)NC(CCC(=O)NCC)C(=O)O. The van der Waals surface area contributed by atoms with Crippen molar-refractivity contribution in [2.45, 2.75) is 110 Å². The minimum Gasteiger partial charge on any atom is -0.480 e. The topological polar surface area (TPSA) is 95.5 Å². The van der Waals surface area contributed by atoms with Crippen molar-refractivity contribution < 1.29 is 19.5 Å². The molecule has 3 N–H and O–H groups in total. The van der Waals surface area contributed by atoms with Crippen LogP contribution in [0.3, 0.4) is 0 Å². The van der Waals surface area contributed by atoms with E-state index in [-0.39, 0.29) is 24.7 Å². The monoisotopic (exact) mass is 436 g/mol. The number of amides is 2. The van der Waals surface area contributed by atoms with Gasteiger partial charge in [0, 0.05) is 19.4 Å². The Labute approximate surface area is 188 Å². The van der Waals surface area contributed by atoms with Gasteiger partial charge in [0.1, 0.15) is 6.04 Å². The quantitative estimate of drug-likeness (QED) is 0.179. The van der Waals surface area contributed by atoms with Gasteiger partial charge in [-0.05, 0) is 51.9 Å². The highest BCUT2D eigenvalue weighted by Crippen LogP contribution is 2.09. The summed E-state index contributed by atoms with van der Waals surface area (Å²) in [5, 5.41) is 14.4. The zero-order chi connectivity index (χ0) is 23.2. The highest BCUT2D eigenvalue weighted by Gasteiger charge is 2.20. The summed E-state index contributed by atoms with van der Waals surface area (Å²) in [7, 11) is 0. The van der Waals surface area contributed by atoms with Crippen molar-refractivity contribution in [3.8, 4) is 0 Å². The molecule has 0 aromatic rings. The molecule has 6 nitrogen and oxygen atoms in total. The normalized spacial score (nSPS) is 12.3. The van der Waals surface area contributed by atoms with Gasteiger partial charge in [-0.3, -0.25) is 9.59 Å². The van der Waals surface area contributed by atoms with Crippen molar-refractivity contribution in [1.29, 1.82) is 0 Å². The molecule has 0 aromatic heterocycles. The van der Waals surface area contributed by atoms with Crippen molar-refractivity contribution in [2.75, 3.05) is 6.54 Å². The van der Waals surface area contributed by atoms with Crippen molar-refractivity contribution in [1.82, 2.24) is 10.6 Å². The van der Waals surface area contributed by atoms with Gasteiger partial charge in [0.05, 0.1) is 0 Å². The van der Waals surface area contributed by atoms with E-state index in [0.29, 0.717) is 13.0 Å². The van der Waals surface area contributed by atoms with Gasteiger partial charge < -0.3 is 15.7 Å². The molecule has 1 unspecified atom stereocenters. The highest BCUT2D eigenvalue weighted by molar-refractivity contribution is 5.84. The molecule has 0 saturated heterocycles. The zero-order valence-electron chi connectivity index (χ0n) is 19.7. The maximum absolute atomic E-state index is 12.0. The summed E-state index contributed by atoms with van der Waals surface area (Å²) in [5.74, 6) is -1.55. The summed E-state index contributed by atoms with van der Waals surface area (Å²) >= 11 is 0. The number of carboxylic acids is 1. The lowest BCUT2D eigenvalue weighted by atomic mass is 10.1. The van der Waals surface area contributed by atoms with Crippen LogP contribution in [0.25, 0.3) is 0 Å². The molecule has 0 radical (unpaired) electrons. The fraction of sp³-hybridized carbons (Fsp3) is 0.720. The number of unbranched alkanes of at least 4 members (excludes halogenated alkanes) is 8. The number of allylic oxidation sites excluding steroid dienone is 4. The third kappa shape index (κ3) is 19.6. The highest BCUT2D eigenvalue weighted by atomic mass is 16.4. The molecule has 0 bridgehead atoms. The molecular formula is C25H44N2O4. The third-order valence-electron chi connectivity index (χ3n) is 5.02. The number of carbonyl (C=O) groups excluding carboxylic acids is 2. The Morgan fingerprint density at radius 1 is 0.774 bits per heavy atom. The molecule has 0 fully saturated rings. The first-order chi connectivity index (χ1) is 15.0. The summed E-state index contributed by atoms with van der Waals surface area (Å²) in [6, 6.07) is -1.01. The van der Waals surface area contributed by atoms with E-state index in [1.807, 2.05) is 0 Å². The van der Waals surface area contributed by atoms with Crippen LogP contribution in [-0.4, -0.2) is 35.5 Å². The molecule has 1 atom stereocenters. The Bertz CT molecular complexity index is 544.